The number of methoxy groups -OCH3 is 1. The highest BCUT2D eigenvalue weighted by atomic mass is 19.1. The Hall–Kier alpha value is -3.56. The van der Waals surface area contributed by atoms with Crippen molar-refractivity contribution in [2.75, 3.05) is 38.3 Å². The molecule has 1 aromatic carbocycles. The van der Waals surface area contributed by atoms with E-state index in [0.717, 1.165) is 54.4 Å². The van der Waals surface area contributed by atoms with Crippen molar-refractivity contribution in [3.8, 4) is 28.4 Å². The molecule has 174 valence electrons. The molecule has 3 aromatic heterocycles. The van der Waals surface area contributed by atoms with Crippen LogP contribution in [0.15, 0.2) is 54.7 Å². The average molecular weight is 461 g/mol. The summed E-state index contributed by atoms with van der Waals surface area (Å²) in [6, 6.07) is 14.9. The van der Waals surface area contributed by atoms with Gasteiger partial charge in [0.25, 0.3) is 0 Å². The van der Waals surface area contributed by atoms with E-state index in [1.54, 1.807) is 25.4 Å². The quantitative estimate of drug-likeness (QED) is 0.474. The minimum Gasteiger partial charge on any atom is -0.481 e. The number of hydrogen-bond donors (Lipinski definition) is 1. The van der Waals surface area contributed by atoms with Gasteiger partial charge in [-0.25, -0.2) is 18.9 Å². The lowest BCUT2D eigenvalue weighted by Gasteiger charge is -2.34. The smallest absolute Gasteiger partial charge is 0.213 e. The number of benzene rings is 1. The topological polar surface area (TPSA) is 79.0 Å². The molecule has 2 unspecified atom stereocenters. The molecule has 6 rings (SSSR count). The van der Waals surface area contributed by atoms with E-state index >= 15 is 0 Å². The van der Waals surface area contributed by atoms with Gasteiger partial charge in [-0.1, -0.05) is 0 Å². The highest BCUT2D eigenvalue weighted by Gasteiger charge is 2.43. The number of anilines is 1. The Morgan fingerprint density at radius 3 is 2.65 bits per heavy atom. The summed E-state index contributed by atoms with van der Waals surface area (Å²) in [5.74, 6) is 1.10. The molecule has 0 aliphatic carbocycles. The van der Waals surface area contributed by atoms with E-state index in [4.69, 9.17) is 14.8 Å². The molecule has 0 spiro atoms. The maximum absolute atomic E-state index is 13.6. The molecule has 0 amide bonds. The molecular formula is C25H25FN6O2. The summed E-state index contributed by atoms with van der Waals surface area (Å²) in [6.07, 6.45) is 2.78. The predicted octanol–water partition coefficient (Wildman–Crippen LogP) is 2.86. The molecule has 0 saturated carbocycles. The zero-order valence-electron chi connectivity index (χ0n) is 18.8. The molecular weight excluding hydrogens is 435 g/mol. The van der Waals surface area contributed by atoms with Crippen molar-refractivity contribution in [1.29, 1.82) is 0 Å². The van der Waals surface area contributed by atoms with E-state index < -0.39 is 0 Å². The van der Waals surface area contributed by atoms with Crippen molar-refractivity contribution >= 4 is 11.5 Å². The maximum atomic E-state index is 13.6. The highest BCUT2D eigenvalue weighted by Crippen LogP contribution is 2.36. The monoisotopic (exact) mass is 460 g/mol. The van der Waals surface area contributed by atoms with Crippen molar-refractivity contribution in [1.82, 2.24) is 24.5 Å². The molecule has 0 radical (unpaired) electrons. The first-order valence-corrected chi connectivity index (χ1v) is 11.4. The zero-order chi connectivity index (χ0) is 23.2. The van der Waals surface area contributed by atoms with Crippen molar-refractivity contribution in [3.05, 3.63) is 60.5 Å². The van der Waals surface area contributed by atoms with Gasteiger partial charge in [-0.15, -0.1) is 5.10 Å². The van der Waals surface area contributed by atoms with Crippen LogP contribution in [0.3, 0.4) is 0 Å². The summed E-state index contributed by atoms with van der Waals surface area (Å²) in [6.45, 7) is 2.73. The van der Waals surface area contributed by atoms with Gasteiger partial charge >= 0.3 is 0 Å². The third-order valence-electron chi connectivity index (χ3n) is 6.83. The number of halogens is 1. The van der Waals surface area contributed by atoms with Gasteiger partial charge in [0.2, 0.25) is 5.88 Å². The van der Waals surface area contributed by atoms with E-state index in [9.17, 15) is 9.50 Å². The lowest BCUT2D eigenvalue weighted by atomic mass is 10.1. The van der Waals surface area contributed by atoms with Crippen molar-refractivity contribution in [3.63, 3.8) is 0 Å². The molecule has 2 aliphatic rings. The number of pyridine rings is 1. The number of hydrogen-bond acceptors (Lipinski definition) is 7. The van der Waals surface area contributed by atoms with Crippen molar-refractivity contribution in [2.24, 2.45) is 0 Å². The first-order chi connectivity index (χ1) is 16.6. The second-order valence-electron chi connectivity index (χ2n) is 8.78. The third kappa shape index (κ3) is 3.48. The second kappa shape index (κ2) is 8.34. The fourth-order valence-electron chi connectivity index (χ4n) is 5.25. The van der Waals surface area contributed by atoms with Crippen LogP contribution in [-0.2, 0) is 0 Å². The number of aliphatic hydroxyl groups is 1. The molecule has 2 fully saturated rings. The number of imidazole rings is 1. The summed E-state index contributed by atoms with van der Waals surface area (Å²) >= 11 is 0. The van der Waals surface area contributed by atoms with Gasteiger partial charge in [-0.2, -0.15) is 0 Å². The summed E-state index contributed by atoms with van der Waals surface area (Å²) < 4.78 is 20.8. The van der Waals surface area contributed by atoms with E-state index in [0.29, 0.717) is 23.6 Å². The van der Waals surface area contributed by atoms with Gasteiger partial charge in [-0.3, -0.25) is 4.90 Å². The van der Waals surface area contributed by atoms with E-state index in [1.807, 2.05) is 28.8 Å². The number of rotatable bonds is 6. The predicted molar refractivity (Wildman–Crippen MR) is 126 cm³/mol. The fourth-order valence-corrected chi connectivity index (χ4v) is 5.25. The lowest BCUT2D eigenvalue weighted by Crippen LogP contribution is -2.47. The largest absolute Gasteiger partial charge is 0.481 e. The Labute approximate surface area is 196 Å². The van der Waals surface area contributed by atoms with E-state index in [-0.39, 0.29) is 12.4 Å². The highest BCUT2D eigenvalue weighted by molar-refractivity contribution is 5.82. The van der Waals surface area contributed by atoms with Gasteiger partial charge in [-0.05, 0) is 48.9 Å². The van der Waals surface area contributed by atoms with Crippen LogP contribution in [0, 0.1) is 5.82 Å². The second-order valence-corrected chi connectivity index (χ2v) is 8.78. The number of β-amino-alcohol motifs (C(OH)–C–C–N with tert-alkyl or cyclic N) is 1. The molecule has 9 heteroatoms. The van der Waals surface area contributed by atoms with Gasteiger partial charge in [0.1, 0.15) is 17.3 Å². The molecule has 2 atom stereocenters. The lowest BCUT2D eigenvalue weighted by molar-refractivity contribution is 0.177. The Morgan fingerprint density at radius 1 is 1.06 bits per heavy atom. The first-order valence-electron chi connectivity index (χ1n) is 11.4. The van der Waals surface area contributed by atoms with Crippen LogP contribution < -0.4 is 9.64 Å². The van der Waals surface area contributed by atoms with Gasteiger partial charge in [0, 0.05) is 55.1 Å². The third-order valence-corrected chi connectivity index (χ3v) is 6.83. The number of aromatic nitrogens is 4. The molecule has 2 aliphatic heterocycles. The summed E-state index contributed by atoms with van der Waals surface area (Å²) in [5, 5.41) is 14.4. The molecule has 5 heterocycles. The van der Waals surface area contributed by atoms with Gasteiger partial charge < -0.3 is 14.7 Å². The summed E-state index contributed by atoms with van der Waals surface area (Å²) in [7, 11) is 1.58. The van der Waals surface area contributed by atoms with Crippen molar-refractivity contribution < 1.29 is 14.2 Å². The van der Waals surface area contributed by atoms with E-state index in [2.05, 4.69) is 14.8 Å². The average Bonchev–Trinajstić information content (AvgIpc) is 3.57. The standard InChI is InChI=1S/C25H25FN6O2/c1-34-23-12-17(8-9-27-23)25-24(16-2-4-18(26)5-3-16)28-21-6-7-22(29-32(21)25)31-15-19-13-20(31)14-30(19)10-11-33/h2-9,12,19-20,33H,10-11,13-15H2,1H3. The zero-order valence-corrected chi connectivity index (χ0v) is 18.8. The SMILES string of the molecule is COc1cc(-c2c(-c3ccc(F)cc3)nc3ccc(N4CC5CC4CN5CCO)nn23)ccn1. The fraction of sp³-hybridized carbons (Fsp3) is 0.320. The van der Waals surface area contributed by atoms with Crippen LogP contribution in [0.2, 0.25) is 0 Å². The maximum Gasteiger partial charge on any atom is 0.213 e. The molecule has 2 saturated heterocycles. The Balaban J connectivity index is 1.46. The normalized spacial score (nSPS) is 19.9. The number of ether oxygens (including phenoxy) is 1. The Morgan fingerprint density at radius 2 is 1.91 bits per heavy atom. The molecule has 1 N–H and O–H groups in total. The van der Waals surface area contributed by atoms with Crippen LogP contribution in [0.1, 0.15) is 6.42 Å². The van der Waals surface area contributed by atoms with Gasteiger partial charge in [0.05, 0.1) is 19.4 Å². The number of aliphatic hydroxyl groups excluding tert-OH is 1. The van der Waals surface area contributed by atoms with E-state index in [1.165, 1.54) is 12.1 Å². The minimum atomic E-state index is -0.292. The number of piperazine rings is 1. The van der Waals surface area contributed by atoms with Crippen LogP contribution in [0.25, 0.3) is 28.2 Å². The number of fused-ring (bicyclic) bond motifs is 3. The first kappa shape index (κ1) is 21.0. The van der Waals surface area contributed by atoms with Crippen LogP contribution >= 0.6 is 0 Å². The molecule has 8 nitrogen and oxygen atoms in total. The Bertz CT molecular complexity index is 1340. The molecule has 2 bridgehead atoms. The van der Waals surface area contributed by atoms with Crippen LogP contribution in [-0.4, -0.2) is 75.0 Å². The van der Waals surface area contributed by atoms with Crippen LogP contribution in [0.4, 0.5) is 10.2 Å². The minimum absolute atomic E-state index is 0.188. The molecule has 4 aromatic rings. The summed E-state index contributed by atoms with van der Waals surface area (Å²) in [4.78, 5) is 13.8. The van der Waals surface area contributed by atoms with Crippen LogP contribution in [0.5, 0.6) is 5.88 Å². The Kier molecular flexibility index (Phi) is 5.15. The van der Waals surface area contributed by atoms with Crippen molar-refractivity contribution in [2.45, 2.75) is 18.5 Å². The van der Waals surface area contributed by atoms with Gasteiger partial charge in [0.15, 0.2) is 5.65 Å². The summed E-state index contributed by atoms with van der Waals surface area (Å²) in [5.41, 5.74) is 3.89. The number of likely N-dealkylation sites (tertiary alicyclic amines) is 1. The number of nitrogens with zero attached hydrogens (tertiary/aromatic N) is 6. The molecule has 34 heavy (non-hydrogen) atoms.